The van der Waals surface area contributed by atoms with Crippen LogP contribution in [0.4, 0.5) is 0 Å². The van der Waals surface area contributed by atoms with Crippen LogP contribution in [0.2, 0.25) is 0 Å². The van der Waals surface area contributed by atoms with Gasteiger partial charge in [0.15, 0.2) is 0 Å². The fourth-order valence-corrected chi connectivity index (χ4v) is 0.938. The Morgan fingerprint density at radius 3 is 1.00 bits per heavy atom. The number of rotatable bonds is 0. The summed E-state index contributed by atoms with van der Waals surface area (Å²) in [5.41, 5.74) is 4.84. The molecular formula is C12H21P2U2-. The molecule has 0 aliphatic heterocycles. The summed E-state index contributed by atoms with van der Waals surface area (Å²) in [7, 11) is 4.58. The quantitative estimate of drug-likeness (QED) is 0.286. The molecule has 0 bridgehead atoms. The van der Waals surface area contributed by atoms with Gasteiger partial charge in [0.05, 0.1) is 0 Å². The molecule has 0 amide bonds. The summed E-state index contributed by atoms with van der Waals surface area (Å²) in [6.45, 7) is 13.4. The van der Waals surface area contributed by atoms with Crippen LogP contribution in [-0.4, -0.2) is 6.66 Å². The molecule has 1 aromatic rings. The Bertz CT molecular complexity index is 213. The van der Waals surface area contributed by atoms with E-state index in [9.17, 15) is 0 Å². The van der Waals surface area contributed by atoms with Gasteiger partial charge in [0.1, 0.15) is 0 Å². The molecule has 0 aliphatic carbocycles. The third-order valence-corrected chi connectivity index (χ3v) is 1.88. The van der Waals surface area contributed by atoms with Gasteiger partial charge in [-0.2, -0.15) is 0 Å². The Morgan fingerprint density at radius 2 is 0.875 bits per heavy atom. The molecule has 1 rings (SSSR count). The Labute approximate surface area is 154 Å². The number of hydrogen-bond acceptors (Lipinski definition) is 0. The van der Waals surface area contributed by atoms with E-state index in [2.05, 4.69) is 65.0 Å². The van der Waals surface area contributed by atoms with Gasteiger partial charge in [-0.3, -0.25) is 22.3 Å². The fraction of sp³-hybridized carbons (Fsp3) is 0.417. The van der Waals surface area contributed by atoms with Gasteiger partial charge >= 0.3 is 31.1 Å². The van der Waals surface area contributed by atoms with E-state index in [0.29, 0.717) is 0 Å². The summed E-state index contributed by atoms with van der Waals surface area (Å²) in [6.07, 6.45) is 0. The van der Waals surface area contributed by atoms with Crippen LogP contribution in [0.5, 0.6) is 0 Å². The molecule has 2 unspecified atom stereocenters. The molecule has 0 fully saturated rings. The molecule has 16 heavy (non-hydrogen) atoms. The molecule has 0 radical (unpaired) electrons. The van der Waals surface area contributed by atoms with Gasteiger partial charge in [-0.15, -0.1) is 36.9 Å². The summed E-state index contributed by atoms with van der Waals surface area (Å²) in [4.78, 5) is 0. The Balaban J connectivity index is -0.000000109. The summed E-state index contributed by atoms with van der Waals surface area (Å²) < 4.78 is 0. The smallest absolute Gasteiger partial charge is 0.323 e. The van der Waals surface area contributed by atoms with Gasteiger partial charge in [-0.05, 0) is 0 Å². The van der Waals surface area contributed by atoms with E-state index < -0.39 is 0 Å². The van der Waals surface area contributed by atoms with Crippen LogP contribution in [0, 0.1) is 109 Å². The average molecular weight is 703 g/mol. The van der Waals surface area contributed by atoms with Gasteiger partial charge < -0.3 is 28.0 Å². The van der Waals surface area contributed by atoms with Crippen LogP contribution in [0.15, 0.2) is 0 Å². The van der Waals surface area contributed by atoms with Crippen LogP contribution in [0.1, 0.15) is 22.3 Å². The maximum atomic E-state index is 3.28. The van der Waals surface area contributed by atoms with Crippen molar-refractivity contribution in [2.75, 3.05) is 6.66 Å². The Morgan fingerprint density at radius 1 is 0.750 bits per heavy atom. The van der Waals surface area contributed by atoms with E-state index in [1.807, 2.05) is 6.66 Å². The SMILES string of the molecule is CP.Cc1[c-]c(C)c(C)[c-]c1C.[CH2-]P.[U+2].[U]. The number of benzene rings is 1. The Kier molecular flexibility index (Phi) is 28.7. The van der Waals surface area contributed by atoms with E-state index in [4.69, 9.17) is 0 Å². The second-order valence-corrected chi connectivity index (χ2v) is 2.75. The van der Waals surface area contributed by atoms with Crippen molar-refractivity contribution in [1.82, 2.24) is 0 Å². The molecule has 0 aromatic heterocycles. The second-order valence-electron chi connectivity index (χ2n) is 2.75. The zero-order valence-electron chi connectivity index (χ0n) is 10.9. The first kappa shape index (κ1) is 26.7. The minimum atomic E-state index is 0. The molecule has 0 spiro atoms. The molecule has 0 heterocycles. The van der Waals surface area contributed by atoms with Crippen molar-refractivity contribution in [3.63, 3.8) is 0 Å². The summed E-state index contributed by atoms with van der Waals surface area (Å²) in [5, 5.41) is 0. The number of aryl methyl sites for hydroxylation is 4. The van der Waals surface area contributed by atoms with Crippen molar-refractivity contribution in [3.05, 3.63) is 41.1 Å². The molecule has 88 valence electrons. The van der Waals surface area contributed by atoms with Gasteiger partial charge in [-0.25, -0.2) is 0 Å². The third-order valence-electron chi connectivity index (χ3n) is 1.88. The van der Waals surface area contributed by atoms with Gasteiger partial charge in [-0.1, -0.05) is 6.66 Å². The largest absolute Gasteiger partial charge is 2.00 e. The van der Waals surface area contributed by atoms with Gasteiger partial charge in [0.2, 0.25) is 0 Å². The van der Waals surface area contributed by atoms with E-state index >= 15 is 0 Å². The maximum Gasteiger partial charge on any atom is 2.00 e. The summed E-state index contributed by atoms with van der Waals surface area (Å²) in [6, 6.07) is 6.55. The summed E-state index contributed by atoms with van der Waals surface area (Å²) >= 11 is 0. The molecule has 0 N–H and O–H groups in total. The van der Waals surface area contributed by atoms with Gasteiger partial charge in [0.25, 0.3) is 0 Å². The van der Waals surface area contributed by atoms with Crippen molar-refractivity contribution >= 4 is 18.5 Å². The van der Waals surface area contributed by atoms with Crippen LogP contribution in [0.25, 0.3) is 0 Å². The first-order valence-electron chi connectivity index (χ1n) is 4.49. The van der Waals surface area contributed by atoms with Crippen LogP contribution in [0.3, 0.4) is 0 Å². The van der Waals surface area contributed by atoms with Crippen molar-refractivity contribution in [2.24, 2.45) is 0 Å². The molecule has 0 saturated heterocycles. The third kappa shape index (κ3) is 11.3. The topological polar surface area (TPSA) is 0 Å². The molecule has 0 saturated carbocycles. The predicted molar refractivity (Wildman–Crippen MR) is 73.8 cm³/mol. The zero-order valence-corrected chi connectivity index (χ0v) is 21.5. The maximum absolute atomic E-state index is 3.28. The minimum Gasteiger partial charge on any atom is -0.323 e. The van der Waals surface area contributed by atoms with E-state index in [1.54, 1.807) is 0 Å². The van der Waals surface area contributed by atoms with Crippen molar-refractivity contribution < 1.29 is 62.2 Å². The monoisotopic (exact) mass is 703 g/mol. The van der Waals surface area contributed by atoms with Gasteiger partial charge in [0, 0.05) is 31.1 Å². The first-order valence-corrected chi connectivity index (χ1v) is 6.46. The van der Waals surface area contributed by atoms with Crippen molar-refractivity contribution in [1.29, 1.82) is 0 Å². The van der Waals surface area contributed by atoms with E-state index in [-0.39, 0.29) is 62.2 Å². The predicted octanol–water partition coefficient (Wildman–Crippen LogP) is 3.67. The fourth-order valence-electron chi connectivity index (χ4n) is 0.938. The molecule has 2 atom stereocenters. The second kappa shape index (κ2) is 17.2. The molecule has 0 nitrogen and oxygen atoms in total. The molecule has 1 aromatic carbocycles. The average Bonchev–Trinajstić information content (AvgIpc) is 2.21. The zero-order chi connectivity index (χ0) is 11.7. The van der Waals surface area contributed by atoms with E-state index in [1.165, 1.54) is 22.3 Å². The molecule has 0 aliphatic rings. The summed E-state index contributed by atoms with van der Waals surface area (Å²) in [5.74, 6) is 0. The number of hydrogen-bond donors (Lipinski definition) is 0. The van der Waals surface area contributed by atoms with Crippen molar-refractivity contribution in [3.8, 4) is 0 Å². The van der Waals surface area contributed by atoms with E-state index in [0.717, 1.165) is 0 Å². The Hall–Kier alpha value is 2.18. The normalized spacial score (nSPS) is 7.00. The first-order chi connectivity index (χ1) is 6.61. The van der Waals surface area contributed by atoms with Crippen molar-refractivity contribution in [2.45, 2.75) is 27.7 Å². The minimum absolute atomic E-state index is 0. The molecule has 4 heteroatoms. The molecular weight excluding hydrogens is 682 g/mol. The van der Waals surface area contributed by atoms with Crippen LogP contribution in [-0.2, 0) is 0 Å². The van der Waals surface area contributed by atoms with Crippen LogP contribution < -0.4 is 0 Å². The standard InChI is InChI=1S/C10H12.CH5P.CH4P.2U/c1-7-5-9(3)10(4)6-8(7)2;2*1-2;;/h1-4H3;2H2,1H3;1-2H2;;/q-2;;-1;;+2. The van der Waals surface area contributed by atoms with Crippen LogP contribution >= 0.6 is 18.5 Å².